The molecule has 0 radical (unpaired) electrons. The average Bonchev–Trinajstić information content (AvgIpc) is 2.66. The number of aliphatic carboxylic acids is 2. The van der Waals surface area contributed by atoms with Crippen LogP contribution in [0.25, 0.3) is 0 Å². The maximum atomic E-state index is 11.1. The summed E-state index contributed by atoms with van der Waals surface area (Å²) >= 11 is 0. The molecule has 0 aliphatic rings. The van der Waals surface area contributed by atoms with Crippen LogP contribution < -0.4 is 5.32 Å². The molecule has 0 aromatic carbocycles. The Hall–Kier alpha value is -0.737. The third-order valence-electron chi connectivity index (χ3n) is 5.02. The van der Waals surface area contributed by atoms with Crippen molar-refractivity contribution >= 4 is 11.9 Å². The van der Waals surface area contributed by atoms with Crippen LogP contribution in [0, 0.1) is 0 Å². The number of carboxylic acid groups (broad SMARTS) is 2. The minimum Gasteiger partial charge on any atom is -0.481 e. The Morgan fingerprint density at radius 2 is 1.28 bits per heavy atom. The molecule has 6 heteroatoms. The van der Waals surface area contributed by atoms with E-state index in [0.29, 0.717) is 6.54 Å². The van der Waals surface area contributed by atoms with Gasteiger partial charge in [-0.25, -0.2) is 0 Å². The predicted molar refractivity (Wildman–Crippen MR) is 116 cm³/mol. The zero-order valence-electron chi connectivity index (χ0n) is 18.7. The van der Waals surface area contributed by atoms with Gasteiger partial charge in [-0.2, -0.15) is 0 Å². The van der Waals surface area contributed by atoms with E-state index in [1.807, 2.05) is 0 Å². The van der Waals surface area contributed by atoms with Crippen LogP contribution in [-0.2, 0) is 29.1 Å². The molecule has 0 unspecified atom stereocenters. The van der Waals surface area contributed by atoms with Crippen LogP contribution in [0.2, 0.25) is 0 Å². The summed E-state index contributed by atoms with van der Waals surface area (Å²) in [7, 11) is 0. The fraction of sp³-hybridized carbons (Fsp3) is 0.826. The van der Waals surface area contributed by atoms with Crippen molar-refractivity contribution in [1.29, 1.82) is 0 Å². The normalized spacial score (nSPS) is 12.0. The maximum Gasteiger partial charge on any atom is 0.320 e. The third-order valence-corrected chi connectivity index (χ3v) is 5.02. The van der Waals surface area contributed by atoms with Crippen molar-refractivity contribution in [2.24, 2.45) is 0 Å². The molecule has 0 saturated carbocycles. The molecule has 0 aliphatic carbocycles. The molecule has 0 aromatic rings. The maximum absolute atomic E-state index is 11.1. The molecule has 29 heavy (non-hydrogen) atoms. The van der Waals surface area contributed by atoms with E-state index < -0.39 is 18.0 Å². The molecule has 0 bridgehead atoms. The number of hydrogen-bond acceptors (Lipinski definition) is 3. The Morgan fingerprint density at radius 3 is 1.76 bits per heavy atom. The minimum atomic E-state index is -0.967. The van der Waals surface area contributed by atoms with Gasteiger partial charge in [0.05, 0.1) is 0 Å². The van der Waals surface area contributed by atoms with Gasteiger partial charge in [0.1, 0.15) is 6.04 Å². The molecular weight excluding hydrogens is 420 g/mol. The summed E-state index contributed by atoms with van der Waals surface area (Å²) in [6.07, 6.45) is 22.2. The summed E-state index contributed by atoms with van der Waals surface area (Å²) < 4.78 is 0. The van der Waals surface area contributed by atoms with E-state index in [0.717, 1.165) is 12.8 Å². The molecule has 0 aliphatic heterocycles. The molecule has 5 nitrogen and oxygen atoms in total. The van der Waals surface area contributed by atoms with Gasteiger partial charge in [0.25, 0.3) is 0 Å². The van der Waals surface area contributed by atoms with Gasteiger partial charge in [0, 0.05) is 25.9 Å². The molecule has 0 amide bonds. The van der Waals surface area contributed by atoms with Crippen LogP contribution in [0.4, 0.5) is 0 Å². The second-order valence-electron chi connectivity index (χ2n) is 7.72. The number of carboxylic acids is 2. The van der Waals surface area contributed by atoms with Crippen molar-refractivity contribution in [3.63, 3.8) is 0 Å². The predicted octanol–water partition coefficient (Wildman–Crippen LogP) is 5.93. The Morgan fingerprint density at radius 1 is 0.793 bits per heavy atom. The van der Waals surface area contributed by atoms with Gasteiger partial charge >= 0.3 is 11.9 Å². The second kappa shape index (κ2) is 23.5. The van der Waals surface area contributed by atoms with E-state index >= 15 is 0 Å². The molecule has 0 fully saturated rings. The molecule has 0 aromatic heterocycles. The Labute approximate surface area is 190 Å². The van der Waals surface area contributed by atoms with Gasteiger partial charge in [-0.1, -0.05) is 76.9 Å². The Kier molecular flexibility index (Phi) is 24.7. The number of nitrogens with one attached hydrogen (secondary N) is 1. The Bertz CT molecular complexity index is 416. The van der Waals surface area contributed by atoms with Crippen LogP contribution in [0.3, 0.4) is 0 Å². The second-order valence-corrected chi connectivity index (χ2v) is 7.72. The molecule has 0 heterocycles. The van der Waals surface area contributed by atoms with Gasteiger partial charge in [0.2, 0.25) is 0 Å². The van der Waals surface area contributed by atoms with Crippen LogP contribution in [-0.4, -0.2) is 34.7 Å². The van der Waals surface area contributed by atoms with E-state index in [4.69, 9.17) is 10.2 Å². The van der Waals surface area contributed by atoms with Crippen molar-refractivity contribution in [2.45, 2.75) is 116 Å². The zero-order valence-corrected chi connectivity index (χ0v) is 21.6. The zero-order chi connectivity index (χ0) is 20.9. The van der Waals surface area contributed by atoms with Gasteiger partial charge in [-0.3, -0.25) is 9.59 Å². The molecule has 3 N–H and O–H groups in total. The number of allylic oxidation sites excluding steroid dienone is 2. The molecular formula is C23H43NO4Zn. The number of carbonyl (C=O) groups is 2. The van der Waals surface area contributed by atoms with Crippen molar-refractivity contribution in [3.05, 3.63) is 12.2 Å². The molecule has 0 rings (SSSR count). The van der Waals surface area contributed by atoms with Crippen molar-refractivity contribution in [1.82, 2.24) is 5.32 Å². The fourth-order valence-corrected chi connectivity index (χ4v) is 3.23. The van der Waals surface area contributed by atoms with E-state index in [-0.39, 0.29) is 32.3 Å². The first-order valence-electron chi connectivity index (χ1n) is 11.4. The fourth-order valence-electron chi connectivity index (χ4n) is 3.23. The first-order chi connectivity index (χ1) is 13.6. The SMILES string of the molecule is CCCCCCCC/C=C\CCCCCCCCN[C@H](CCC(=O)O)C(=O)O.[Zn]. The topological polar surface area (TPSA) is 86.6 Å². The van der Waals surface area contributed by atoms with E-state index in [2.05, 4.69) is 24.4 Å². The largest absolute Gasteiger partial charge is 0.481 e. The van der Waals surface area contributed by atoms with Gasteiger partial charge in [-0.15, -0.1) is 0 Å². The standard InChI is InChI=1S/C23H43NO4.Zn/c1-2-3-4-5-6-7-8-9-10-11-12-13-14-15-16-17-20-24-21(23(27)28)18-19-22(25)26;/h9-10,21,24H,2-8,11-20H2,1H3,(H,25,26)(H,27,28);/b10-9-;/t21-;/m1./s1. The first kappa shape index (κ1) is 30.5. The smallest absolute Gasteiger partial charge is 0.320 e. The van der Waals surface area contributed by atoms with E-state index in [9.17, 15) is 9.59 Å². The number of unbranched alkanes of at least 4 members (excludes halogenated alkanes) is 12. The summed E-state index contributed by atoms with van der Waals surface area (Å²) in [6, 6.07) is -0.751. The van der Waals surface area contributed by atoms with Gasteiger partial charge in [0.15, 0.2) is 0 Å². The minimum absolute atomic E-state index is 0. The molecule has 0 saturated heterocycles. The summed E-state index contributed by atoms with van der Waals surface area (Å²) in [6.45, 7) is 2.89. The van der Waals surface area contributed by atoms with Gasteiger partial charge < -0.3 is 15.5 Å². The monoisotopic (exact) mass is 461 g/mol. The molecule has 1 atom stereocenters. The quantitative estimate of drug-likeness (QED) is 0.112. The van der Waals surface area contributed by atoms with Gasteiger partial charge in [-0.05, 0) is 45.1 Å². The summed E-state index contributed by atoms with van der Waals surface area (Å²) in [4.78, 5) is 21.6. The third kappa shape index (κ3) is 23.4. The Balaban J connectivity index is 0. The number of rotatable bonds is 21. The van der Waals surface area contributed by atoms with Crippen molar-refractivity contribution < 1.29 is 39.3 Å². The van der Waals surface area contributed by atoms with E-state index in [1.165, 1.54) is 77.0 Å². The van der Waals surface area contributed by atoms with Crippen LogP contribution in [0.5, 0.6) is 0 Å². The summed E-state index contributed by atoms with van der Waals surface area (Å²) in [5.41, 5.74) is 0. The molecule has 166 valence electrons. The van der Waals surface area contributed by atoms with Crippen molar-refractivity contribution in [2.75, 3.05) is 6.54 Å². The van der Waals surface area contributed by atoms with Crippen LogP contribution in [0.1, 0.15) is 110 Å². The van der Waals surface area contributed by atoms with Crippen LogP contribution >= 0.6 is 0 Å². The summed E-state index contributed by atoms with van der Waals surface area (Å²) in [5, 5.41) is 20.7. The molecule has 0 spiro atoms. The van der Waals surface area contributed by atoms with E-state index in [1.54, 1.807) is 0 Å². The van der Waals surface area contributed by atoms with Crippen molar-refractivity contribution in [3.8, 4) is 0 Å². The summed E-state index contributed by atoms with van der Waals surface area (Å²) in [5.74, 6) is -1.92. The number of hydrogen-bond donors (Lipinski definition) is 3. The first-order valence-corrected chi connectivity index (χ1v) is 11.4. The van der Waals surface area contributed by atoms with Crippen LogP contribution in [0.15, 0.2) is 12.2 Å². The average molecular weight is 463 g/mol.